The molecule has 1 aliphatic heterocycles. The molecule has 1 aliphatic rings. The second-order valence-electron chi connectivity index (χ2n) is 4.69. The second-order valence-corrected chi connectivity index (χ2v) is 5.98. The number of halogens is 2. The molecule has 0 aliphatic carbocycles. The Morgan fingerprint density at radius 3 is 2.71 bits per heavy atom. The minimum absolute atomic E-state index is 0.717. The van der Waals surface area contributed by atoms with Crippen LogP contribution in [0.15, 0.2) is 22.7 Å². The number of likely N-dealkylation sites (tertiary alicyclic amines) is 1. The summed E-state index contributed by atoms with van der Waals surface area (Å²) in [6.07, 6.45) is 2.43. The topological polar surface area (TPSA) is 29.3 Å². The third-order valence-electron chi connectivity index (χ3n) is 3.44. The van der Waals surface area contributed by atoms with Gasteiger partial charge in [0.1, 0.15) is 0 Å². The van der Waals surface area contributed by atoms with E-state index < -0.39 is 0 Å². The van der Waals surface area contributed by atoms with Gasteiger partial charge in [0, 0.05) is 16.0 Å². The van der Waals surface area contributed by atoms with Crippen LogP contribution < -0.4 is 5.73 Å². The van der Waals surface area contributed by atoms with E-state index in [0.717, 1.165) is 35.7 Å². The molecule has 17 heavy (non-hydrogen) atoms. The Morgan fingerprint density at radius 1 is 1.35 bits per heavy atom. The predicted molar refractivity (Wildman–Crippen MR) is 76.2 cm³/mol. The fraction of sp³-hybridized carbons (Fsp3) is 0.538. The Hall–Kier alpha value is -0.0900. The highest BCUT2D eigenvalue weighted by Gasteiger charge is 2.18. The molecule has 1 heterocycles. The molecule has 2 N–H and O–H groups in total. The van der Waals surface area contributed by atoms with Crippen LogP contribution >= 0.6 is 27.5 Å². The maximum absolute atomic E-state index is 6.02. The summed E-state index contributed by atoms with van der Waals surface area (Å²) in [4.78, 5) is 2.47. The summed E-state index contributed by atoms with van der Waals surface area (Å²) in [5, 5.41) is 0.806. The highest BCUT2D eigenvalue weighted by Crippen LogP contribution is 2.24. The smallest absolute Gasteiger partial charge is 0.0410 e. The molecule has 4 heteroatoms. The molecule has 94 valence electrons. The number of hydrogen-bond acceptors (Lipinski definition) is 2. The monoisotopic (exact) mass is 316 g/mol. The SMILES string of the molecule is NCC1CCN(Cc2cc(Cl)ccc2Br)CC1. The molecule has 1 aromatic carbocycles. The molecule has 0 atom stereocenters. The van der Waals surface area contributed by atoms with E-state index in [4.69, 9.17) is 17.3 Å². The first-order valence-corrected chi connectivity index (χ1v) is 7.22. The van der Waals surface area contributed by atoms with Crippen LogP contribution in [0.4, 0.5) is 0 Å². The average molecular weight is 318 g/mol. The van der Waals surface area contributed by atoms with Crippen LogP contribution in [0, 0.1) is 5.92 Å². The molecular weight excluding hydrogens is 300 g/mol. The van der Waals surface area contributed by atoms with Crippen LogP contribution in [-0.4, -0.2) is 24.5 Å². The molecular formula is C13H18BrClN2. The van der Waals surface area contributed by atoms with E-state index in [1.807, 2.05) is 18.2 Å². The first-order chi connectivity index (χ1) is 8.19. The van der Waals surface area contributed by atoms with Crippen molar-refractivity contribution in [3.05, 3.63) is 33.3 Å². The van der Waals surface area contributed by atoms with Crippen molar-refractivity contribution < 1.29 is 0 Å². The largest absolute Gasteiger partial charge is 0.330 e. The first kappa shape index (κ1) is 13.3. The van der Waals surface area contributed by atoms with Gasteiger partial charge in [0.2, 0.25) is 0 Å². The lowest BCUT2D eigenvalue weighted by Crippen LogP contribution is -2.35. The fourth-order valence-electron chi connectivity index (χ4n) is 2.29. The molecule has 0 radical (unpaired) electrons. The number of piperidine rings is 1. The van der Waals surface area contributed by atoms with E-state index in [0.29, 0.717) is 5.92 Å². The Balaban J connectivity index is 1.95. The van der Waals surface area contributed by atoms with Crippen molar-refractivity contribution in [2.24, 2.45) is 11.7 Å². The summed E-state index contributed by atoms with van der Waals surface area (Å²) in [6.45, 7) is 4.08. The molecule has 1 fully saturated rings. The van der Waals surface area contributed by atoms with E-state index in [2.05, 4.69) is 20.8 Å². The zero-order valence-electron chi connectivity index (χ0n) is 9.83. The molecule has 0 aromatic heterocycles. The number of hydrogen-bond donors (Lipinski definition) is 1. The van der Waals surface area contributed by atoms with Gasteiger partial charge >= 0.3 is 0 Å². The third kappa shape index (κ3) is 3.68. The van der Waals surface area contributed by atoms with Gasteiger partial charge in [-0.2, -0.15) is 0 Å². The van der Waals surface area contributed by atoms with E-state index in [1.165, 1.54) is 18.4 Å². The van der Waals surface area contributed by atoms with Gasteiger partial charge in [-0.15, -0.1) is 0 Å². The van der Waals surface area contributed by atoms with E-state index in [1.54, 1.807) is 0 Å². The molecule has 2 nitrogen and oxygen atoms in total. The summed E-state index contributed by atoms with van der Waals surface area (Å²) in [5.41, 5.74) is 6.97. The van der Waals surface area contributed by atoms with Gasteiger partial charge in [0.05, 0.1) is 0 Å². The minimum atomic E-state index is 0.717. The zero-order valence-corrected chi connectivity index (χ0v) is 12.2. The number of nitrogens with zero attached hydrogens (tertiary/aromatic N) is 1. The van der Waals surface area contributed by atoms with Crippen LogP contribution in [-0.2, 0) is 6.54 Å². The van der Waals surface area contributed by atoms with Crippen molar-refractivity contribution in [2.75, 3.05) is 19.6 Å². The number of benzene rings is 1. The van der Waals surface area contributed by atoms with Crippen molar-refractivity contribution in [2.45, 2.75) is 19.4 Å². The minimum Gasteiger partial charge on any atom is -0.330 e. The Bertz CT molecular complexity index is 376. The Labute approximate surface area is 116 Å². The van der Waals surface area contributed by atoms with Gasteiger partial charge in [-0.05, 0) is 62.2 Å². The highest BCUT2D eigenvalue weighted by molar-refractivity contribution is 9.10. The quantitative estimate of drug-likeness (QED) is 0.927. The molecule has 0 spiro atoms. The third-order valence-corrected chi connectivity index (χ3v) is 4.45. The first-order valence-electron chi connectivity index (χ1n) is 6.05. The standard InChI is InChI=1S/C13H18BrClN2/c14-13-2-1-12(15)7-11(13)9-17-5-3-10(8-16)4-6-17/h1-2,7,10H,3-6,8-9,16H2. The van der Waals surface area contributed by atoms with Crippen LogP contribution in [0.25, 0.3) is 0 Å². The van der Waals surface area contributed by atoms with E-state index >= 15 is 0 Å². The lowest BCUT2D eigenvalue weighted by molar-refractivity contribution is 0.180. The van der Waals surface area contributed by atoms with Gasteiger partial charge in [0.15, 0.2) is 0 Å². The van der Waals surface area contributed by atoms with Gasteiger partial charge in [-0.1, -0.05) is 27.5 Å². The molecule has 0 unspecified atom stereocenters. The fourth-order valence-corrected chi connectivity index (χ4v) is 2.85. The summed E-state index contributed by atoms with van der Waals surface area (Å²) in [6, 6.07) is 5.97. The Kier molecular flexibility index (Phi) is 4.86. The molecule has 1 saturated heterocycles. The number of rotatable bonds is 3. The summed E-state index contributed by atoms with van der Waals surface area (Å²) in [5.74, 6) is 0.717. The summed E-state index contributed by atoms with van der Waals surface area (Å²) in [7, 11) is 0. The van der Waals surface area contributed by atoms with Crippen molar-refractivity contribution in [1.82, 2.24) is 4.90 Å². The van der Waals surface area contributed by atoms with Crippen LogP contribution in [0.2, 0.25) is 5.02 Å². The lowest BCUT2D eigenvalue weighted by Gasteiger charge is -2.31. The molecule has 0 saturated carbocycles. The van der Waals surface area contributed by atoms with Crippen molar-refractivity contribution >= 4 is 27.5 Å². The highest BCUT2D eigenvalue weighted by atomic mass is 79.9. The van der Waals surface area contributed by atoms with Gasteiger partial charge in [-0.3, -0.25) is 4.90 Å². The van der Waals surface area contributed by atoms with Crippen LogP contribution in [0.5, 0.6) is 0 Å². The Morgan fingerprint density at radius 2 is 2.06 bits per heavy atom. The van der Waals surface area contributed by atoms with E-state index in [9.17, 15) is 0 Å². The number of nitrogens with two attached hydrogens (primary N) is 1. The maximum Gasteiger partial charge on any atom is 0.0410 e. The normalized spacial score (nSPS) is 18.5. The summed E-state index contributed by atoms with van der Waals surface area (Å²) < 4.78 is 1.14. The lowest BCUT2D eigenvalue weighted by atomic mass is 9.97. The molecule has 0 bridgehead atoms. The molecule has 2 rings (SSSR count). The maximum atomic E-state index is 6.02. The average Bonchev–Trinajstić information content (AvgIpc) is 2.35. The van der Waals surface area contributed by atoms with Gasteiger partial charge in [0.25, 0.3) is 0 Å². The van der Waals surface area contributed by atoms with Gasteiger partial charge in [-0.25, -0.2) is 0 Å². The van der Waals surface area contributed by atoms with Gasteiger partial charge < -0.3 is 5.73 Å². The van der Waals surface area contributed by atoms with E-state index in [-0.39, 0.29) is 0 Å². The second kappa shape index (κ2) is 6.19. The van der Waals surface area contributed by atoms with Crippen molar-refractivity contribution in [3.63, 3.8) is 0 Å². The molecule has 1 aromatic rings. The van der Waals surface area contributed by atoms with Crippen molar-refractivity contribution in [1.29, 1.82) is 0 Å². The molecule has 0 amide bonds. The predicted octanol–water partition coefficient (Wildman–Crippen LogP) is 3.27. The summed E-state index contributed by atoms with van der Waals surface area (Å²) >= 11 is 9.60. The van der Waals surface area contributed by atoms with Crippen molar-refractivity contribution in [3.8, 4) is 0 Å². The van der Waals surface area contributed by atoms with Crippen LogP contribution in [0.1, 0.15) is 18.4 Å². The zero-order chi connectivity index (χ0) is 12.3. The van der Waals surface area contributed by atoms with Crippen LogP contribution in [0.3, 0.4) is 0 Å².